The molecule has 1 rings (SSSR count). The molecule has 1 aromatic carbocycles. The first-order valence-electron chi connectivity index (χ1n) is 6.20. The third kappa shape index (κ3) is 3.62. The van der Waals surface area contributed by atoms with Crippen molar-refractivity contribution < 1.29 is 0 Å². The van der Waals surface area contributed by atoms with E-state index >= 15 is 0 Å². The molecule has 0 bridgehead atoms. The van der Waals surface area contributed by atoms with Crippen molar-refractivity contribution >= 4 is 0 Å². The summed E-state index contributed by atoms with van der Waals surface area (Å²) >= 11 is 0. The van der Waals surface area contributed by atoms with E-state index in [1.165, 1.54) is 5.56 Å². The Morgan fingerprint density at radius 2 is 1.81 bits per heavy atom. The van der Waals surface area contributed by atoms with Crippen LogP contribution in [0.25, 0.3) is 0 Å². The van der Waals surface area contributed by atoms with E-state index in [0.717, 1.165) is 12.8 Å². The van der Waals surface area contributed by atoms with Gasteiger partial charge in [0.2, 0.25) is 0 Å². The lowest BCUT2D eigenvalue weighted by Crippen LogP contribution is -2.40. The first kappa shape index (κ1) is 13.2. The van der Waals surface area contributed by atoms with Gasteiger partial charge in [0.15, 0.2) is 0 Å². The number of hydrazine groups is 1. The summed E-state index contributed by atoms with van der Waals surface area (Å²) < 4.78 is 0. The average Bonchev–Trinajstić information content (AvgIpc) is 2.29. The molecular weight excluding hydrogens is 196 g/mol. The van der Waals surface area contributed by atoms with E-state index in [1.54, 1.807) is 0 Å². The molecule has 0 saturated carbocycles. The van der Waals surface area contributed by atoms with Gasteiger partial charge in [0, 0.05) is 12.0 Å². The van der Waals surface area contributed by atoms with Gasteiger partial charge in [0.1, 0.15) is 0 Å². The van der Waals surface area contributed by atoms with Crippen molar-refractivity contribution in [2.45, 2.75) is 45.6 Å². The maximum atomic E-state index is 5.68. The molecule has 90 valence electrons. The van der Waals surface area contributed by atoms with E-state index in [2.05, 4.69) is 56.5 Å². The van der Waals surface area contributed by atoms with Gasteiger partial charge in [-0.1, -0.05) is 51.1 Å². The molecule has 1 aromatic rings. The Morgan fingerprint density at radius 1 is 1.19 bits per heavy atom. The van der Waals surface area contributed by atoms with Crippen molar-refractivity contribution in [3.05, 3.63) is 35.9 Å². The van der Waals surface area contributed by atoms with Gasteiger partial charge < -0.3 is 0 Å². The van der Waals surface area contributed by atoms with Gasteiger partial charge in [0.25, 0.3) is 0 Å². The zero-order valence-electron chi connectivity index (χ0n) is 10.6. The predicted molar refractivity (Wildman–Crippen MR) is 70.0 cm³/mol. The molecule has 0 aliphatic carbocycles. The predicted octanol–water partition coefficient (Wildman–Crippen LogP) is 3.06. The average molecular weight is 220 g/mol. The highest BCUT2D eigenvalue weighted by Crippen LogP contribution is 2.26. The molecule has 2 atom stereocenters. The van der Waals surface area contributed by atoms with Crippen LogP contribution >= 0.6 is 0 Å². The van der Waals surface area contributed by atoms with Crippen LogP contribution in [0.4, 0.5) is 0 Å². The Balaban J connectivity index is 2.79. The minimum absolute atomic E-state index is 0.368. The summed E-state index contributed by atoms with van der Waals surface area (Å²) in [7, 11) is 0. The minimum atomic E-state index is 0.368. The van der Waals surface area contributed by atoms with Crippen LogP contribution in [0.2, 0.25) is 0 Å². The summed E-state index contributed by atoms with van der Waals surface area (Å²) in [6, 6.07) is 11.0. The summed E-state index contributed by atoms with van der Waals surface area (Å²) in [5.41, 5.74) is 4.37. The van der Waals surface area contributed by atoms with Crippen molar-refractivity contribution in [3.63, 3.8) is 0 Å². The van der Waals surface area contributed by atoms with Crippen molar-refractivity contribution in [3.8, 4) is 0 Å². The highest BCUT2D eigenvalue weighted by molar-refractivity contribution is 5.21. The number of hydrogen-bond acceptors (Lipinski definition) is 2. The standard InChI is InChI=1S/C14H24N2/c1-4-13(12-8-6-5-7-9-12)14(16-15)10-11(2)3/h5-9,11,13-14,16H,4,10,15H2,1-3H3. The van der Waals surface area contributed by atoms with Gasteiger partial charge in [0.05, 0.1) is 0 Å². The fourth-order valence-electron chi connectivity index (χ4n) is 2.31. The Labute approximate surface area is 99.2 Å². The van der Waals surface area contributed by atoms with E-state index in [9.17, 15) is 0 Å². The van der Waals surface area contributed by atoms with Crippen LogP contribution in [0.3, 0.4) is 0 Å². The molecule has 2 unspecified atom stereocenters. The quantitative estimate of drug-likeness (QED) is 0.571. The highest BCUT2D eigenvalue weighted by atomic mass is 15.2. The second-order valence-electron chi connectivity index (χ2n) is 4.83. The minimum Gasteiger partial charge on any atom is -0.271 e. The number of benzene rings is 1. The second kappa shape index (κ2) is 6.66. The number of nitrogens with one attached hydrogen (secondary N) is 1. The van der Waals surface area contributed by atoms with Crippen LogP contribution in [0, 0.1) is 5.92 Å². The van der Waals surface area contributed by atoms with Gasteiger partial charge in [-0.05, 0) is 24.3 Å². The SMILES string of the molecule is CCC(c1ccccc1)C(CC(C)C)NN. The second-order valence-corrected chi connectivity index (χ2v) is 4.83. The van der Waals surface area contributed by atoms with Gasteiger partial charge in [-0.3, -0.25) is 11.3 Å². The zero-order chi connectivity index (χ0) is 12.0. The van der Waals surface area contributed by atoms with Crippen LogP contribution in [-0.2, 0) is 0 Å². The summed E-state index contributed by atoms with van der Waals surface area (Å²) in [6.07, 6.45) is 2.23. The van der Waals surface area contributed by atoms with Crippen molar-refractivity contribution in [2.75, 3.05) is 0 Å². The maximum absolute atomic E-state index is 5.68. The molecule has 0 heterocycles. The first-order valence-corrected chi connectivity index (χ1v) is 6.20. The Hall–Kier alpha value is -0.860. The largest absolute Gasteiger partial charge is 0.271 e. The molecular formula is C14H24N2. The van der Waals surface area contributed by atoms with Crippen molar-refractivity contribution in [1.29, 1.82) is 0 Å². The van der Waals surface area contributed by atoms with Crippen LogP contribution in [0.15, 0.2) is 30.3 Å². The third-order valence-corrected chi connectivity index (χ3v) is 3.09. The Bertz CT molecular complexity index is 282. The number of nitrogens with two attached hydrogens (primary N) is 1. The van der Waals surface area contributed by atoms with Crippen LogP contribution in [0.1, 0.15) is 45.1 Å². The normalized spacial score (nSPS) is 15.1. The summed E-state index contributed by atoms with van der Waals surface area (Å²) in [5.74, 6) is 6.86. The van der Waals surface area contributed by atoms with E-state index in [4.69, 9.17) is 5.84 Å². The number of rotatable bonds is 6. The summed E-state index contributed by atoms with van der Waals surface area (Å²) in [6.45, 7) is 6.70. The maximum Gasteiger partial charge on any atom is 0.0281 e. The fourth-order valence-corrected chi connectivity index (χ4v) is 2.31. The fraction of sp³-hybridized carbons (Fsp3) is 0.571. The summed E-state index contributed by atoms with van der Waals surface area (Å²) in [5, 5.41) is 0. The smallest absolute Gasteiger partial charge is 0.0281 e. The molecule has 0 amide bonds. The van der Waals surface area contributed by atoms with Gasteiger partial charge in [-0.25, -0.2) is 0 Å². The molecule has 0 aromatic heterocycles. The Morgan fingerprint density at radius 3 is 2.25 bits per heavy atom. The topological polar surface area (TPSA) is 38.0 Å². The molecule has 0 radical (unpaired) electrons. The summed E-state index contributed by atoms with van der Waals surface area (Å²) in [4.78, 5) is 0. The first-order chi connectivity index (χ1) is 7.69. The zero-order valence-corrected chi connectivity index (χ0v) is 10.6. The van der Waals surface area contributed by atoms with E-state index in [0.29, 0.717) is 17.9 Å². The van der Waals surface area contributed by atoms with Crippen molar-refractivity contribution in [2.24, 2.45) is 11.8 Å². The lowest BCUT2D eigenvalue weighted by atomic mass is 9.85. The molecule has 0 fully saturated rings. The van der Waals surface area contributed by atoms with Gasteiger partial charge in [-0.15, -0.1) is 0 Å². The molecule has 0 aliphatic heterocycles. The molecule has 0 spiro atoms. The van der Waals surface area contributed by atoms with Crippen LogP contribution in [0.5, 0.6) is 0 Å². The molecule has 2 heteroatoms. The van der Waals surface area contributed by atoms with E-state index < -0.39 is 0 Å². The highest BCUT2D eigenvalue weighted by Gasteiger charge is 2.21. The monoisotopic (exact) mass is 220 g/mol. The third-order valence-electron chi connectivity index (χ3n) is 3.09. The molecule has 3 N–H and O–H groups in total. The van der Waals surface area contributed by atoms with Crippen LogP contribution < -0.4 is 11.3 Å². The van der Waals surface area contributed by atoms with Gasteiger partial charge >= 0.3 is 0 Å². The lowest BCUT2D eigenvalue weighted by Gasteiger charge is -2.27. The Kier molecular flexibility index (Phi) is 5.50. The van der Waals surface area contributed by atoms with Crippen molar-refractivity contribution in [1.82, 2.24) is 5.43 Å². The van der Waals surface area contributed by atoms with Crippen LogP contribution in [-0.4, -0.2) is 6.04 Å². The lowest BCUT2D eigenvalue weighted by molar-refractivity contribution is 0.362. The molecule has 16 heavy (non-hydrogen) atoms. The number of hydrogen-bond donors (Lipinski definition) is 2. The molecule has 0 aliphatic rings. The molecule has 2 nitrogen and oxygen atoms in total. The van der Waals surface area contributed by atoms with E-state index in [1.807, 2.05) is 0 Å². The molecule has 0 saturated heterocycles. The van der Waals surface area contributed by atoms with Gasteiger partial charge in [-0.2, -0.15) is 0 Å². The van der Waals surface area contributed by atoms with E-state index in [-0.39, 0.29) is 0 Å².